The predicted molar refractivity (Wildman–Crippen MR) is 135 cm³/mol. The van der Waals surface area contributed by atoms with Crippen LogP contribution < -0.4 is 0 Å². The zero-order valence-corrected chi connectivity index (χ0v) is 25.2. The third kappa shape index (κ3) is 5.76. The third-order valence-corrected chi connectivity index (χ3v) is 12.8. The first-order valence-corrected chi connectivity index (χ1v) is 16.3. The third-order valence-electron chi connectivity index (χ3n) is 7.16. The Balaban J connectivity index is 2.16. The van der Waals surface area contributed by atoms with Gasteiger partial charge in [-0.2, -0.15) is 83.1 Å². The maximum atomic E-state index is 15.0. The molecule has 0 radical (unpaired) electrons. The normalized spacial score (nSPS) is 22.6. The highest BCUT2D eigenvalue weighted by atomic mass is 32.3. The average molecular weight is 773 g/mol. The summed E-state index contributed by atoms with van der Waals surface area (Å²) >= 11 is 0. The van der Waals surface area contributed by atoms with Crippen molar-refractivity contribution in [2.24, 2.45) is 0 Å². The molecular weight excluding hydrogens is 751 g/mol. The average Bonchev–Trinajstić information content (AvgIpc) is 3.37. The van der Waals surface area contributed by atoms with E-state index < -0.39 is 85.0 Å². The topological polar surface area (TPSA) is 52.6 Å². The zero-order valence-electron chi connectivity index (χ0n) is 23.5. The minimum absolute atomic E-state index is 0.0285. The van der Waals surface area contributed by atoms with E-state index in [1.54, 1.807) is 6.92 Å². The first-order chi connectivity index (χ1) is 21.4. The van der Waals surface area contributed by atoms with Gasteiger partial charge in [0.25, 0.3) is 0 Å². The Morgan fingerprint density at radius 3 is 1.69 bits per heavy atom. The van der Waals surface area contributed by atoms with Crippen molar-refractivity contribution in [2.45, 2.75) is 77.7 Å². The van der Waals surface area contributed by atoms with Gasteiger partial charge in [-0.1, -0.05) is 53.6 Å². The molecule has 48 heavy (non-hydrogen) atoms. The van der Waals surface area contributed by atoms with Gasteiger partial charge in [0.15, 0.2) is 0 Å². The molecule has 1 aliphatic rings. The lowest BCUT2D eigenvalue weighted by molar-refractivity contribution is -0.458. The molecule has 1 saturated heterocycles. The molecule has 3 rings (SSSR count). The standard InChI is InChI=1S/C25H21F17O4S2/c1-2-11-45-15-10-12-47(13-15,17-9-5-7-14-6-3-4-8-16(14)17)46-48(43,44)25(41,42)23(36,37)21(32,33)19(28,29)18(26,27)20(30,31)22(34,35)24(38,39)40/h3-9,15H,2,10-13H2,1H3. The van der Waals surface area contributed by atoms with Crippen molar-refractivity contribution in [3.8, 4) is 0 Å². The van der Waals surface area contributed by atoms with Crippen LogP contribution in [0.2, 0.25) is 0 Å². The molecular formula is C25H21F17O4S2. The SMILES string of the molecule is CCCOC1CCS(OS(=O)(=O)C(F)(F)C(F)(F)C(F)(F)C(F)(F)C(F)(F)C(F)(F)C(F)(F)C(F)(F)F)(c2cccc3ccccc23)C1. The maximum Gasteiger partial charge on any atom is 0.460 e. The number of halogens is 17. The van der Waals surface area contributed by atoms with Gasteiger partial charge in [-0.25, -0.2) is 3.63 Å². The Morgan fingerprint density at radius 1 is 0.688 bits per heavy atom. The lowest BCUT2D eigenvalue weighted by Gasteiger charge is -2.43. The van der Waals surface area contributed by atoms with E-state index in [1.165, 1.54) is 36.4 Å². The summed E-state index contributed by atoms with van der Waals surface area (Å²) in [5, 5.41) is -7.48. The van der Waals surface area contributed by atoms with Gasteiger partial charge in [0.1, 0.15) is 0 Å². The Bertz CT molecular complexity index is 1590. The summed E-state index contributed by atoms with van der Waals surface area (Å²) in [5.74, 6) is -53.5. The fraction of sp³-hybridized carbons (Fsp3) is 0.600. The van der Waals surface area contributed by atoms with Crippen molar-refractivity contribution >= 4 is 31.2 Å². The fourth-order valence-electron chi connectivity index (χ4n) is 4.54. The molecule has 1 fully saturated rings. The summed E-state index contributed by atoms with van der Waals surface area (Å²) < 4.78 is 270. The Kier molecular flexibility index (Phi) is 10.2. The van der Waals surface area contributed by atoms with Crippen molar-refractivity contribution in [3.63, 3.8) is 0 Å². The first kappa shape index (κ1) is 40.2. The zero-order chi connectivity index (χ0) is 37.2. The first-order valence-electron chi connectivity index (χ1n) is 13.0. The second-order valence-corrected chi connectivity index (χ2v) is 15.2. The molecule has 2 unspecified atom stereocenters. The molecule has 2 aromatic carbocycles. The summed E-state index contributed by atoms with van der Waals surface area (Å²) in [6.45, 7) is 1.56. The lowest BCUT2D eigenvalue weighted by atomic mass is 9.91. The van der Waals surface area contributed by atoms with Crippen LogP contribution in [0, 0.1) is 0 Å². The molecule has 0 spiro atoms. The van der Waals surface area contributed by atoms with Gasteiger partial charge in [-0.3, -0.25) is 0 Å². The predicted octanol–water partition coefficient (Wildman–Crippen LogP) is 9.43. The van der Waals surface area contributed by atoms with Crippen LogP contribution in [-0.2, 0) is 18.5 Å². The molecule has 0 saturated carbocycles. The monoisotopic (exact) mass is 772 g/mol. The van der Waals surface area contributed by atoms with Gasteiger partial charge < -0.3 is 4.74 Å². The van der Waals surface area contributed by atoms with Crippen LogP contribution in [0.3, 0.4) is 0 Å². The molecule has 4 nitrogen and oxygen atoms in total. The van der Waals surface area contributed by atoms with Crippen molar-refractivity contribution in [3.05, 3.63) is 42.5 Å². The maximum absolute atomic E-state index is 15.0. The summed E-state index contributed by atoms with van der Waals surface area (Å²) in [6.07, 6.45) is -8.89. The van der Waals surface area contributed by atoms with Crippen LogP contribution >= 0.6 is 10.3 Å². The van der Waals surface area contributed by atoms with Crippen LogP contribution in [0.25, 0.3) is 10.8 Å². The number of benzene rings is 2. The van der Waals surface area contributed by atoms with E-state index in [0.717, 1.165) is 6.07 Å². The van der Waals surface area contributed by atoms with Crippen LogP contribution in [0.1, 0.15) is 19.8 Å². The quantitative estimate of drug-likeness (QED) is 0.191. The Hall–Kier alpha value is -2.27. The molecule has 0 bridgehead atoms. The van der Waals surface area contributed by atoms with Crippen molar-refractivity contribution in [1.29, 1.82) is 0 Å². The van der Waals surface area contributed by atoms with Gasteiger partial charge >= 0.3 is 57.1 Å². The summed E-state index contributed by atoms with van der Waals surface area (Å²) in [5.41, 5.74) is 0. The number of hydrogen-bond acceptors (Lipinski definition) is 4. The number of alkyl halides is 17. The highest BCUT2D eigenvalue weighted by Gasteiger charge is 2.96. The second-order valence-electron chi connectivity index (χ2n) is 10.4. The van der Waals surface area contributed by atoms with Crippen LogP contribution in [0.5, 0.6) is 0 Å². The summed E-state index contributed by atoms with van der Waals surface area (Å²) in [6, 6.07) is 9.07. The minimum Gasteiger partial charge on any atom is -0.377 e. The van der Waals surface area contributed by atoms with Gasteiger partial charge in [0.05, 0.1) is 6.10 Å². The van der Waals surface area contributed by atoms with Crippen LogP contribution in [-0.4, -0.2) is 79.6 Å². The molecule has 1 aliphatic heterocycles. The van der Waals surface area contributed by atoms with Crippen LogP contribution in [0.15, 0.2) is 47.4 Å². The largest absolute Gasteiger partial charge is 0.460 e. The van der Waals surface area contributed by atoms with Crippen molar-refractivity contribution in [1.82, 2.24) is 0 Å². The number of ether oxygens (including phenoxy) is 1. The van der Waals surface area contributed by atoms with E-state index in [4.69, 9.17) is 4.74 Å². The van der Waals surface area contributed by atoms with E-state index in [1.807, 2.05) is 0 Å². The highest BCUT2D eigenvalue weighted by Crippen LogP contribution is 2.68. The molecule has 2 aromatic rings. The van der Waals surface area contributed by atoms with E-state index >= 15 is 8.78 Å². The molecule has 276 valence electrons. The molecule has 0 N–H and O–H groups in total. The minimum atomic E-state index is -8.92. The second kappa shape index (κ2) is 12.2. The van der Waals surface area contributed by atoms with Crippen molar-refractivity contribution in [2.75, 3.05) is 18.1 Å². The van der Waals surface area contributed by atoms with E-state index in [0.29, 0.717) is 6.42 Å². The summed E-state index contributed by atoms with van der Waals surface area (Å²) in [4.78, 5) is -0.302. The van der Waals surface area contributed by atoms with Crippen molar-refractivity contribution < 1.29 is 91.4 Å². The highest BCUT2D eigenvalue weighted by molar-refractivity contribution is 8.33. The lowest BCUT2D eigenvalue weighted by Crippen LogP contribution is -2.75. The van der Waals surface area contributed by atoms with Gasteiger partial charge in [0, 0.05) is 23.0 Å². The molecule has 0 amide bonds. The molecule has 23 heteroatoms. The molecule has 0 aromatic heterocycles. The number of rotatable bonds is 13. The fourth-order valence-corrected chi connectivity index (χ4v) is 10.5. The number of fused-ring (bicyclic) bond motifs is 1. The van der Waals surface area contributed by atoms with Gasteiger partial charge in [0.2, 0.25) is 0 Å². The molecule has 1 heterocycles. The van der Waals surface area contributed by atoms with Gasteiger partial charge in [-0.05, 0) is 29.7 Å². The Morgan fingerprint density at radius 2 is 1.17 bits per heavy atom. The smallest absolute Gasteiger partial charge is 0.377 e. The molecule has 0 aliphatic carbocycles. The number of hydrogen-bond donors (Lipinski definition) is 0. The van der Waals surface area contributed by atoms with E-state index in [9.17, 15) is 74.3 Å². The van der Waals surface area contributed by atoms with Crippen LogP contribution in [0.4, 0.5) is 74.6 Å². The van der Waals surface area contributed by atoms with E-state index in [-0.39, 0.29) is 28.7 Å². The van der Waals surface area contributed by atoms with E-state index in [2.05, 4.69) is 3.63 Å². The Labute approximate surface area is 261 Å². The molecule has 2 atom stereocenters. The summed E-state index contributed by atoms with van der Waals surface area (Å²) in [7, 11) is -11.7. The van der Waals surface area contributed by atoms with Gasteiger partial charge in [-0.15, -0.1) is 0 Å².